The van der Waals surface area contributed by atoms with Crippen LogP contribution in [0.1, 0.15) is 19.8 Å². The van der Waals surface area contributed by atoms with Gasteiger partial charge in [-0.05, 0) is 26.3 Å². The van der Waals surface area contributed by atoms with Crippen molar-refractivity contribution >= 4 is 17.9 Å². The Labute approximate surface area is 123 Å². The van der Waals surface area contributed by atoms with Crippen LogP contribution in [0.5, 0.6) is 0 Å². The molecule has 2 aliphatic heterocycles. The smallest absolute Gasteiger partial charge is 0.322 e. The van der Waals surface area contributed by atoms with E-state index >= 15 is 0 Å². The van der Waals surface area contributed by atoms with Crippen LogP contribution in [0.15, 0.2) is 0 Å². The van der Waals surface area contributed by atoms with Gasteiger partial charge in [0.2, 0.25) is 5.91 Å². The van der Waals surface area contributed by atoms with E-state index in [1.165, 1.54) is 6.42 Å². The van der Waals surface area contributed by atoms with Gasteiger partial charge in [0.1, 0.15) is 6.54 Å². The highest BCUT2D eigenvalue weighted by Gasteiger charge is 2.36. The van der Waals surface area contributed by atoms with Crippen molar-refractivity contribution in [1.29, 1.82) is 0 Å². The number of hydrogen-bond acceptors (Lipinski definition) is 4. The first-order chi connectivity index (χ1) is 9.97. The molecule has 21 heavy (non-hydrogen) atoms. The predicted octanol–water partition coefficient (Wildman–Crippen LogP) is -0.935. The van der Waals surface area contributed by atoms with Crippen molar-refractivity contribution in [2.45, 2.75) is 31.8 Å². The molecule has 0 aromatic heterocycles. The summed E-state index contributed by atoms with van der Waals surface area (Å²) in [5.41, 5.74) is 0. The number of urea groups is 1. The second-order valence-electron chi connectivity index (χ2n) is 5.62. The molecule has 3 amide bonds. The fourth-order valence-electron chi connectivity index (χ4n) is 2.96. The van der Waals surface area contributed by atoms with Crippen molar-refractivity contribution in [3.8, 4) is 0 Å². The van der Waals surface area contributed by atoms with Crippen LogP contribution in [0.3, 0.4) is 0 Å². The molecule has 2 rings (SSSR count). The number of piperazine rings is 1. The SMILES string of the molecule is CC1CN2CCCC2CN1C(=O)NCC(=O)NCC(=O)O. The standard InChI is InChI=1S/C13H22N4O4/c1-9-7-16-4-2-3-10(16)8-17(9)13(21)15-5-11(18)14-6-12(19)20/h9-10H,2-8H2,1H3,(H,14,18)(H,15,21)(H,19,20). The third-order valence-electron chi connectivity index (χ3n) is 4.04. The summed E-state index contributed by atoms with van der Waals surface area (Å²) in [5, 5.41) is 13.2. The molecule has 8 nitrogen and oxygen atoms in total. The molecule has 2 atom stereocenters. The highest BCUT2D eigenvalue weighted by Crippen LogP contribution is 2.24. The van der Waals surface area contributed by atoms with Crippen LogP contribution in [0.4, 0.5) is 4.79 Å². The first kappa shape index (κ1) is 15.6. The van der Waals surface area contributed by atoms with Gasteiger partial charge in [-0.25, -0.2) is 4.79 Å². The molecule has 2 heterocycles. The molecule has 0 saturated carbocycles. The number of hydrogen-bond donors (Lipinski definition) is 3. The van der Waals surface area contributed by atoms with Crippen LogP contribution in [-0.2, 0) is 9.59 Å². The van der Waals surface area contributed by atoms with Crippen LogP contribution in [0, 0.1) is 0 Å². The minimum absolute atomic E-state index is 0.112. The summed E-state index contributed by atoms with van der Waals surface area (Å²) < 4.78 is 0. The van der Waals surface area contributed by atoms with Gasteiger partial charge in [-0.15, -0.1) is 0 Å². The number of amides is 3. The Hall–Kier alpha value is -1.83. The largest absolute Gasteiger partial charge is 0.480 e. The fraction of sp³-hybridized carbons (Fsp3) is 0.769. The average Bonchev–Trinajstić information content (AvgIpc) is 2.88. The molecule has 3 N–H and O–H groups in total. The molecule has 0 bridgehead atoms. The number of aliphatic carboxylic acids is 1. The van der Waals surface area contributed by atoms with Crippen molar-refractivity contribution in [2.75, 3.05) is 32.7 Å². The number of carbonyl (C=O) groups is 3. The van der Waals surface area contributed by atoms with Gasteiger partial charge in [-0.3, -0.25) is 14.5 Å². The van der Waals surface area contributed by atoms with E-state index in [1.54, 1.807) is 4.90 Å². The lowest BCUT2D eigenvalue weighted by Gasteiger charge is -2.42. The van der Waals surface area contributed by atoms with Gasteiger partial charge in [-0.2, -0.15) is 0 Å². The molecular weight excluding hydrogens is 276 g/mol. The number of carboxylic acids is 1. The highest BCUT2D eigenvalue weighted by molar-refractivity contribution is 5.86. The Morgan fingerprint density at radius 1 is 1.19 bits per heavy atom. The predicted molar refractivity (Wildman–Crippen MR) is 74.8 cm³/mol. The van der Waals surface area contributed by atoms with Gasteiger partial charge < -0.3 is 20.6 Å². The molecule has 118 valence electrons. The molecule has 0 aromatic rings. The van der Waals surface area contributed by atoms with Gasteiger partial charge in [-0.1, -0.05) is 0 Å². The summed E-state index contributed by atoms with van der Waals surface area (Å²) in [4.78, 5) is 38.0. The molecule has 8 heteroatoms. The summed E-state index contributed by atoms with van der Waals surface area (Å²) in [7, 11) is 0. The lowest BCUT2D eigenvalue weighted by atomic mass is 10.1. The third-order valence-corrected chi connectivity index (χ3v) is 4.04. The molecule has 2 fully saturated rings. The van der Waals surface area contributed by atoms with E-state index < -0.39 is 18.4 Å². The maximum atomic E-state index is 12.1. The van der Waals surface area contributed by atoms with E-state index in [4.69, 9.17) is 5.11 Å². The minimum Gasteiger partial charge on any atom is -0.480 e. The molecule has 0 aromatic carbocycles. The second-order valence-corrected chi connectivity index (χ2v) is 5.62. The van der Waals surface area contributed by atoms with Crippen molar-refractivity contribution in [3.05, 3.63) is 0 Å². The zero-order valence-electron chi connectivity index (χ0n) is 12.2. The summed E-state index contributed by atoms with van der Waals surface area (Å²) >= 11 is 0. The van der Waals surface area contributed by atoms with E-state index in [9.17, 15) is 14.4 Å². The average molecular weight is 298 g/mol. The first-order valence-corrected chi connectivity index (χ1v) is 7.24. The molecule has 2 unspecified atom stereocenters. The van der Waals surface area contributed by atoms with E-state index in [1.807, 2.05) is 6.92 Å². The molecule has 2 aliphatic rings. The van der Waals surface area contributed by atoms with Gasteiger partial charge in [0.25, 0.3) is 0 Å². The number of nitrogens with one attached hydrogen (secondary N) is 2. The van der Waals surface area contributed by atoms with E-state index in [0.717, 1.165) is 19.5 Å². The molecule has 0 radical (unpaired) electrons. The second kappa shape index (κ2) is 6.75. The fourth-order valence-corrected chi connectivity index (χ4v) is 2.96. The van der Waals surface area contributed by atoms with Gasteiger partial charge in [0.15, 0.2) is 0 Å². The maximum Gasteiger partial charge on any atom is 0.322 e. The van der Waals surface area contributed by atoms with E-state index in [-0.39, 0.29) is 18.6 Å². The summed E-state index contributed by atoms with van der Waals surface area (Å²) in [6.07, 6.45) is 2.28. The Bertz CT molecular complexity index is 428. The normalized spacial score (nSPS) is 25.3. The number of rotatable bonds is 4. The Balaban J connectivity index is 1.77. The van der Waals surface area contributed by atoms with Crippen LogP contribution < -0.4 is 10.6 Å². The maximum absolute atomic E-state index is 12.1. The zero-order valence-corrected chi connectivity index (χ0v) is 12.2. The summed E-state index contributed by atoms with van der Waals surface area (Å²) in [6, 6.07) is 0.272. The lowest BCUT2D eigenvalue weighted by molar-refractivity contribution is -0.137. The molecule has 2 saturated heterocycles. The minimum atomic E-state index is -1.11. The van der Waals surface area contributed by atoms with Gasteiger partial charge in [0.05, 0.1) is 6.54 Å². The van der Waals surface area contributed by atoms with E-state index in [2.05, 4.69) is 15.5 Å². The molecule has 0 aliphatic carbocycles. The molecular formula is C13H22N4O4. The highest BCUT2D eigenvalue weighted by atomic mass is 16.4. The van der Waals surface area contributed by atoms with Crippen LogP contribution >= 0.6 is 0 Å². The topological polar surface area (TPSA) is 102 Å². The zero-order chi connectivity index (χ0) is 15.4. The summed E-state index contributed by atoms with van der Waals surface area (Å²) in [6.45, 7) is 4.00. The third kappa shape index (κ3) is 4.07. The first-order valence-electron chi connectivity index (χ1n) is 7.24. The summed E-state index contributed by atoms with van der Waals surface area (Å²) in [5.74, 6) is -1.61. The van der Waals surface area contributed by atoms with Crippen LogP contribution in [-0.4, -0.2) is 77.6 Å². The number of fused-ring (bicyclic) bond motifs is 1. The van der Waals surface area contributed by atoms with Crippen LogP contribution in [0.25, 0.3) is 0 Å². The number of nitrogens with zero attached hydrogens (tertiary/aromatic N) is 2. The van der Waals surface area contributed by atoms with Crippen molar-refractivity contribution < 1.29 is 19.5 Å². The Morgan fingerprint density at radius 3 is 2.67 bits per heavy atom. The van der Waals surface area contributed by atoms with Crippen molar-refractivity contribution in [3.63, 3.8) is 0 Å². The number of carbonyl (C=O) groups excluding carboxylic acids is 2. The number of carboxylic acid groups (broad SMARTS) is 1. The van der Waals surface area contributed by atoms with Crippen molar-refractivity contribution in [2.24, 2.45) is 0 Å². The van der Waals surface area contributed by atoms with Crippen molar-refractivity contribution in [1.82, 2.24) is 20.4 Å². The van der Waals surface area contributed by atoms with Gasteiger partial charge >= 0.3 is 12.0 Å². The monoisotopic (exact) mass is 298 g/mol. The van der Waals surface area contributed by atoms with Crippen LogP contribution in [0.2, 0.25) is 0 Å². The lowest BCUT2D eigenvalue weighted by Crippen LogP contribution is -2.59. The Kier molecular flexibility index (Phi) is 5.00. The van der Waals surface area contributed by atoms with E-state index in [0.29, 0.717) is 12.6 Å². The molecule has 0 spiro atoms. The quantitative estimate of drug-likeness (QED) is 0.622. The Morgan fingerprint density at radius 2 is 1.95 bits per heavy atom. The van der Waals surface area contributed by atoms with Gasteiger partial charge in [0, 0.05) is 25.2 Å².